The van der Waals surface area contributed by atoms with Crippen molar-refractivity contribution in [3.8, 4) is 0 Å². The Morgan fingerprint density at radius 2 is 2.46 bits per heavy atom. The molecule has 0 aliphatic carbocycles. The third-order valence-corrected chi connectivity index (χ3v) is 2.82. The summed E-state index contributed by atoms with van der Waals surface area (Å²) in [4.78, 5) is 1.00. The second-order valence-electron chi connectivity index (χ2n) is 3.58. The van der Waals surface area contributed by atoms with E-state index in [-0.39, 0.29) is 0 Å². The summed E-state index contributed by atoms with van der Waals surface area (Å²) in [5.41, 5.74) is 1.10. The van der Waals surface area contributed by atoms with Gasteiger partial charge in [-0.2, -0.15) is 5.10 Å². The molecule has 72 valence electrons. The van der Waals surface area contributed by atoms with E-state index < -0.39 is 0 Å². The molecule has 2 rings (SSSR count). The van der Waals surface area contributed by atoms with Crippen LogP contribution in [0.25, 0.3) is 0 Å². The van der Waals surface area contributed by atoms with E-state index in [1.807, 2.05) is 17.9 Å². The van der Waals surface area contributed by atoms with Crippen molar-refractivity contribution in [3.63, 3.8) is 0 Å². The van der Waals surface area contributed by atoms with Crippen LogP contribution in [0.2, 0.25) is 0 Å². The summed E-state index contributed by atoms with van der Waals surface area (Å²) in [5, 5.41) is 7.88. The molecular formula is C9H15N3S. The summed E-state index contributed by atoms with van der Waals surface area (Å²) in [7, 11) is 1.94. The average molecular weight is 197 g/mol. The number of nitrogens with one attached hydrogen (secondary N) is 1. The van der Waals surface area contributed by atoms with Crippen LogP contribution in [0.4, 0.5) is 0 Å². The summed E-state index contributed by atoms with van der Waals surface area (Å²) in [6.07, 6.45) is 5.71. The van der Waals surface area contributed by atoms with Crippen LogP contribution in [0.15, 0.2) is 11.1 Å². The Bertz CT molecular complexity index is 289. The van der Waals surface area contributed by atoms with Gasteiger partial charge >= 0.3 is 0 Å². The van der Waals surface area contributed by atoms with Crippen molar-refractivity contribution >= 4 is 12.6 Å². The van der Waals surface area contributed by atoms with Gasteiger partial charge < -0.3 is 5.32 Å². The van der Waals surface area contributed by atoms with Crippen LogP contribution in [0.5, 0.6) is 0 Å². The van der Waals surface area contributed by atoms with E-state index in [1.54, 1.807) is 0 Å². The predicted molar refractivity (Wildman–Crippen MR) is 55.1 cm³/mol. The first-order valence-corrected chi connectivity index (χ1v) is 5.18. The maximum atomic E-state index is 4.41. The minimum Gasteiger partial charge on any atom is -0.309 e. The van der Waals surface area contributed by atoms with Gasteiger partial charge in [-0.25, -0.2) is 0 Å². The number of piperidine rings is 1. The summed E-state index contributed by atoms with van der Waals surface area (Å²) in [6.45, 7) is 1.11. The molecule has 1 aliphatic heterocycles. The molecule has 1 aromatic heterocycles. The molecular weight excluding hydrogens is 182 g/mol. The molecule has 1 fully saturated rings. The number of aromatic nitrogens is 2. The minimum absolute atomic E-state index is 0.419. The van der Waals surface area contributed by atoms with E-state index in [9.17, 15) is 0 Å². The minimum atomic E-state index is 0.419. The van der Waals surface area contributed by atoms with Crippen molar-refractivity contribution in [2.24, 2.45) is 7.05 Å². The highest BCUT2D eigenvalue weighted by molar-refractivity contribution is 7.80. The third-order valence-electron chi connectivity index (χ3n) is 2.48. The van der Waals surface area contributed by atoms with Crippen LogP contribution >= 0.6 is 12.6 Å². The third kappa shape index (κ3) is 1.89. The van der Waals surface area contributed by atoms with Crippen molar-refractivity contribution < 1.29 is 0 Å². The normalized spacial score (nSPS) is 23.4. The maximum absolute atomic E-state index is 4.41. The Morgan fingerprint density at radius 3 is 3.00 bits per heavy atom. The van der Waals surface area contributed by atoms with Crippen LogP contribution in [0.1, 0.15) is 31.0 Å². The molecule has 0 saturated carbocycles. The Hall–Kier alpha value is -0.480. The Balaban J connectivity index is 2.18. The van der Waals surface area contributed by atoms with Crippen molar-refractivity contribution in [1.29, 1.82) is 0 Å². The van der Waals surface area contributed by atoms with E-state index in [1.165, 1.54) is 19.3 Å². The van der Waals surface area contributed by atoms with E-state index in [4.69, 9.17) is 0 Å². The molecule has 0 aromatic carbocycles. The molecule has 1 N–H and O–H groups in total. The van der Waals surface area contributed by atoms with Crippen molar-refractivity contribution in [3.05, 3.63) is 11.9 Å². The molecule has 1 saturated heterocycles. The van der Waals surface area contributed by atoms with Crippen LogP contribution in [0, 0.1) is 0 Å². The van der Waals surface area contributed by atoms with Crippen LogP contribution in [-0.4, -0.2) is 16.3 Å². The second-order valence-corrected chi connectivity index (χ2v) is 4.06. The molecule has 0 spiro atoms. The van der Waals surface area contributed by atoms with E-state index in [0.29, 0.717) is 6.04 Å². The van der Waals surface area contributed by atoms with Gasteiger partial charge in [-0.05, 0) is 19.4 Å². The van der Waals surface area contributed by atoms with Gasteiger partial charge in [0.05, 0.1) is 11.7 Å². The van der Waals surface area contributed by atoms with Gasteiger partial charge in [-0.1, -0.05) is 6.42 Å². The zero-order valence-corrected chi connectivity index (χ0v) is 8.72. The summed E-state index contributed by atoms with van der Waals surface area (Å²) < 4.78 is 1.83. The van der Waals surface area contributed by atoms with Crippen LogP contribution in [0.3, 0.4) is 0 Å². The van der Waals surface area contributed by atoms with Crippen molar-refractivity contribution in [1.82, 2.24) is 15.1 Å². The summed E-state index contributed by atoms with van der Waals surface area (Å²) in [5.74, 6) is 0. The first-order valence-electron chi connectivity index (χ1n) is 4.73. The quantitative estimate of drug-likeness (QED) is 0.669. The lowest BCUT2D eigenvalue weighted by Crippen LogP contribution is -2.27. The molecule has 1 unspecified atom stereocenters. The predicted octanol–water partition coefficient (Wildman–Crippen LogP) is 1.52. The van der Waals surface area contributed by atoms with Gasteiger partial charge in [0.15, 0.2) is 0 Å². The standard InChI is InChI=1S/C9H15N3S/c1-12-6-8(13)9(11-12)7-4-2-3-5-10-7/h6-7,10,13H,2-5H2,1H3. The molecule has 1 atom stereocenters. The number of nitrogens with zero attached hydrogens (tertiary/aromatic N) is 2. The van der Waals surface area contributed by atoms with Crippen molar-refractivity contribution in [2.75, 3.05) is 6.54 Å². The lowest BCUT2D eigenvalue weighted by molar-refractivity contribution is 0.399. The molecule has 4 heteroatoms. The zero-order valence-electron chi connectivity index (χ0n) is 7.82. The van der Waals surface area contributed by atoms with Crippen LogP contribution in [-0.2, 0) is 7.05 Å². The van der Waals surface area contributed by atoms with Crippen LogP contribution < -0.4 is 5.32 Å². The second kappa shape index (κ2) is 3.72. The van der Waals surface area contributed by atoms with E-state index >= 15 is 0 Å². The molecule has 0 radical (unpaired) electrons. The first kappa shape index (κ1) is 9.09. The SMILES string of the molecule is Cn1cc(S)c(C2CCCCN2)n1. The molecule has 1 aromatic rings. The topological polar surface area (TPSA) is 29.9 Å². The fourth-order valence-corrected chi connectivity index (χ4v) is 2.19. The summed E-state index contributed by atoms with van der Waals surface area (Å²) in [6, 6.07) is 0.419. The van der Waals surface area contributed by atoms with Gasteiger partial charge in [0, 0.05) is 18.1 Å². The van der Waals surface area contributed by atoms with Gasteiger partial charge in [0.25, 0.3) is 0 Å². The highest BCUT2D eigenvalue weighted by atomic mass is 32.1. The monoisotopic (exact) mass is 197 g/mol. The van der Waals surface area contributed by atoms with E-state index in [2.05, 4.69) is 23.0 Å². The zero-order chi connectivity index (χ0) is 9.26. The maximum Gasteiger partial charge on any atom is 0.0926 e. The fourth-order valence-electron chi connectivity index (χ4n) is 1.83. The lowest BCUT2D eigenvalue weighted by atomic mass is 10.0. The molecule has 2 heterocycles. The smallest absolute Gasteiger partial charge is 0.0926 e. The lowest BCUT2D eigenvalue weighted by Gasteiger charge is -2.22. The Morgan fingerprint density at radius 1 is 1.62 bits per heavy atom. The largest absolute Gasteiger partial charge is 0.309 e. The van der Waals surface area contributed by atoms with E-state index in [0.717, 1.165) is 17.1 Å². The molecule has 1 aliphatic rings. The number of aryl methyl sites for hydroxylation is 1. The molecule has 0 amide bonds. The highest BCUT2D eigenvalue weighted by Crippen LogP contribution is 2.25. The van der Waals surface area contributed by atoms with Gasteiger partial charge in [0.2, 0.25) is 0 Å². The number of hydrogen-bond donors (Lipinski definition) is 2. The Kier molecular flexibility index (Phi) is 2.60. The van der Waals surface area contributed by atoms with Gasteiger partial charge in [-0.15, -0.1) is 12.6 Å². The molecule has 0 bridgehead atoms. The molecule has 13 heavy (non-hydrogen) atoms. The number of hydrogen-bond acceptors (Lipinski definition) is 3. The highest BCUT2D eigenvalue weighted by Gasteiger charge is 2.19. The van der Waals surface area contributed by atoms with Gasteiger partial charge in [0.1, 0.15) is 0 Å². The number of thiol groups is 1. The number of rotatable bonds is 1. The summed E-state index contributed by atoms with van der Waals surface area (Å²) >= 11 is 4.41. The molecule has 3 nitrogen and oxygen atoms in total. The van der Waals surface area contributed by atoms with Gasteiger partial charge in [-0.3, -0.25) is 4.68 Å². The van der Waals surface area contributed by atoms with Crippen molar-refractivity contribution in [2.45, 2.75) is 30.2 Å². The fraction of sp³-hybridized carbons (Fsp3) is 0.667. The Labute approximate surface area is 83.9 Å². The first-order chi connectivity index (χ1) is 6.27. The average Bonchev–Trinajstić information content (AvgIpc) is 2.47.